The molecule has 0 atom stereocenters. The van der Waals surface area contributed by atoms with Crippen molar-refractivity contribution < 1.29 is 9.53 Å². The van der Waals surface area contributed by atoms with E-state index in [1.54, 1.807) is 7.11 Å². The van der Waals surface area contributed by atoms with Gasteiger partial charge in [0, 0.05) is 44.2 Å². The number of carbonyl (C=O) groups excluding carboxylic acids is 1. The number of rotatable bonds is 9. The Labute approximate surface area is 154 Å². The first-order chi connectivity index (χ1) is 12.8. The number of carbonyl (C=O) groups is 1. The van der Waals surface area contributed by atoms with E-state index in [0.717, 1.165) is 41.5 Å². The summed E-state index contributed by atoms with van der Waals surface area (Å²) >= 11 is 0. The molecular formula is C21H25N3O2. The second-order valence-corrected chi connectivity index (χ2v) is 6.25. The van der Waals surface area contributed by atoms with Gasteiger partial charge in [-0.05, 0) is 18.9 Å². The molecule has 0 unspecified atom stereocenters. The molecule has 3 aromatic rings. The molecule has 5 heteroatoms. The van der Waals surface area contributed by atoms with E-state index in [1.165, 1.54) is 0 Å². The minimum Gasteiger partial charge on any atom is -0.385 e. The summed E-state index contributed by atoms with van der Waals surface area (Å²) in [5.41, 5.74) is 3.20. The van der Waals surface area contributed by atoms with Gasteiger partial charge < -0.3 is 10.1 Å². The highest BCUT2D eigenvalue weighted by Crippen LogP contribution is 2.27. The molecule has 0 spiro atoms. The first kappa shape index (κ1) is 18.1. The predicted molar refractivity (Wildman–Crippen MR) is 104 cm³/mol. The van der Waals surface area contributed by atoms with Crippen molar-refractivity contribution >= 4 is 16.8 Å². The largest absolute Gasteiger partial charge is 0.385 e. The SMILES string of the molecule is COCCCNC(=O)CCCn1nc(-c2ccccc2)c2ccccc21. The molecule has 0 fully saturated rings. The lowest BCUT2D eigenvalue weighted by Gasteiger charge is -2.06. The van der Waals surface area contributed by atoms with Crippen molar-refractivity contribution in [2.75, 3.05) is 20.3 Å². The van der Waals surface area contributed by atoms with Crippen molar-refractivity contribution in [3.05, 3.63) is 54.6 Å². The Balaban J connectivity index is 1.65. The number of para-hydroxylation sites is 1. The maximum absolute atomic E-state index is 11.9. The normalized spacial score (nSPS) is 11.0. The average molecular weight is 351 g/mol. The first-order valence-electron chi connectivity index (χ1n) is 9.06. The van der Waals surface area contributed by atoms with Gasteiger partial charge in [-0.2, -0.15) is 5.10 Å². The third-order valence-electron chi connectivity index (χ3n) is 4.33. The van der Waals surface area contributed by atoms with Crippen LogP contribution in [0.2, 0.25) is 0 Å². The number of methoxy groups -OCH3 is 1. The summed E-state index contributed by atoms with van der Waals surface area (Å²) in [6.45, 7) is 2.05. The second kappa shape index (κ2) is 9.15. The minimum absolute atomic E-state index is 0.0841. The number of nitrogens with one attached hydrogen (secondary N) is 1. The van der Waals surface area contributed by atoms with Crippen LogP contribution in [0.1, 0.15) is 19.3 Å². The Morgan fingerprint density at radius 3 is 2.65 bits per heavy atom. The summed E-state index contributed by atoms with van der Waals surface area (Å²) in [5.74, 6) is 0.0841. The van der Waals surface area contributed by atoms with Crippen molar-refractivity contribution in [2.45, 2.75) is 25.8 Å². The molecule has 1 amide bonds. The second-order valence-electron chi connectivity index (χ2n) is 6.25. The van der Waals surface area contributed by atoms with Crippen molar-refractivity contribution in [1.82, 2.24) is 15.1 Å². The van der Waals surface area contributed by atoms with Crippen LogP contribution in [-0.2, 0) is 16.1 Å². The molecule has 1 aromatic heterocycles. The Bertz CT molecular complexity index is 843. The van der Waals surface area contributed by atoms with E-state index in [-0.39, 0.29) is 5.91 Å². The molecule has 136 valence electrons. The lowest BCUT2D eigenvalue weighted by Crippen LogP contribution is -2.25. The van der Waals surface area contributed by atoms with E-state index in [0.29, 0.717) is 19.6 Å². The fraction of sp³-hybridized carbons (Fsp3) is 0.333. The fourth-order valence-corrected chi connectivity index (χ4v) is 3.03. The van der Waals surface area contributed by atoms with Gasteiger partial charge in [0.05, 0.1) is 5.52 Å². The molecule has 26 heavy (non-hydrogen) atoms. The molecule has 2 aromatic carbocycles. The third kappa shape index (κ3) is 4.49. The van der Waals surface area contributed by atoms with Gasteiger partial charge in [-0.15, -0.1) is 0 Å². The van der Waals surface area contributed by atoms with Gasteiger partial charge in [0.2, 0.25) is 5.91 Å². The molecule has 0 radical (unpaired) electrons. The number of hydrogen-bond donors (Lipinski definition) is 1. The summed E-state index contributed by atoms with van der Waals surface area (Å²) < 4.78 is 6.99. The Morgan fingerprint density at radius 1 is 1.08 bits per heavy atom. The lowest BCUT2D eigenvalue weighted by molar-refractivity contribution is -0.121. The van der Waals surface area contributed by atoms with Gasteiger partial charge in [0.25, 0.3) is 0 Å². The maximum atomic E-state index is 11.9. The van der Waals surface area contributed by atoms with E-state index in [4.69, 9.17) is 9.84 Å². The number of fused-ring (bicyclic) bond motifs is 1. The minimum atomic E-state index is 0.0841. The smallest absolute Gasteiger partial charge is 0.220 e. The number of hydrogen-bond acceptors (Lipinski definition) is 3. The molecule has 0 aliphatic carbocycles. The van der Waals surface area contributed by atoms with Gasteiger partial charge >= 0.3 is 0 Å². The molecule has 0 aliphatic heterocycles. The van der Waals surface area contributed by atoms with Crippen LogP contribution in [0.3, 0.4) is 0 Å². The van der Waals surface area contributed by atoms with E-state index in [2.05, 4.69) is 29.6 Å². The zero-order valence-electron chi connectivity index (χ0n) is 15.1. The Hall–Kier alpha value is -2.66. The van der Waals surface area contributed by atoms with Gasteiger partial charge in [0.15, 0.2) is 0 Å². The van der Waals surface area contributed by atoms with Crippen LogP contribution < -0.4 is 5.32 Å². The zero-order valence-corrected chi connectivity index (χ0v) is 15.1. The number of benzene rings is 2. The van der Waals surface area contributed by atoms with Crippen molar-refractivity contribution in [1.29, 1.82) is 0 Å². The highest BCUT2D eigenvalue weighted by molar-refractivity contribution is 5.93. The molecule has 1 N–H and O–H groups in total. The summed E-state index contributed by atoms with van der Waals surface area (Å²) in [4.78, 5) is 11.9. The van der Waals surface area contributed by atoms with E-state index in [1.807, 2.05) is 35.0 Å². The van der Waals surface area contributed by atoms with Gasteiger partial charge in [-0.25, -0.2) is 0 Å². The number of aryl methyl sites for hydroxylation is 1. The summed E-state index contributed by atoms with van der Waals surface area (Å²) in [5, 5.41) is 8.88. The van der Waals surface area contributed by atoms with E-state index < -0.39 is 0 Å². The topological polar surface area (TPSA) is 56.1 Å². The third-order valence-corrected chi connectivity index (χ3v) is 4.33. The van der Waals surface area contributed by atoms with Crippen molar-refractivity contribution in [3.63, 3.8) is 0 Å². The highest BCUT2D eigenvalue weighted by Gasteiger charge is 2.11. The molecule has 1 heterocycles. The standard InChI is InChI=1S/C21H25N3O2/c1-26-16-8-14-22-20(25)13-7-15-24-19-12-6-5-11-18(19)21(23-24)17-9-3-2-4-10-17/h2-6,9-12H,7-8,13-16H2,1H3,(H,22,25). The molecule has 0 aliphatic rings. The van der Waals surface area contributed by atoms with Crippen LogP contribution >= 0.6 is 0 Å². The number of ether oxygens (including phenoxy) is 1. The predicted octanol–water partition coefficient (Wildman–Crippen LogP) is 3.64. The van der Waals surface area contributed by atoms with Gasteiger partial charge in [0.1, 0.15) is 5.69 Å². The molecule has 0 saturated carbocycles. The lowest BCUT2D eigenvalue weighted by atomic mass is 10.1. The van der Waals surface area contributed by atoms with Crippen LogP contribution in [0, 0.1) is 0 Å². The van der Waals surface area contributed by atoms with Gasteiger partial charge in [-0.3, -0.25) is 9.48 Å². The molecule has 0 bridgehead atoms. The monoisotopic (exact) mass is 351 g/mol. The van der Waals surface area contributed by atoms with E-state index in [9.17, 15) is 4.79 Å². The summed E-state index contributed by atoms with van der Waals surface area (Å²) in [6, 6.07) is 18.5. The first-order valence-corrected chi connectivity index (χ1v) is 9.06. The Kier molecular flexibility index (Phi) is 6.39. The maximum Gasteiger partial charge on any atom is 0.220 e. The van der Waals surface area contributed by atoms with Crippen molar-refractivity contribution in [2.24, 2.45) is 0 Å². The average Bonchev–Trinajstić information content (AvgIpc) is 3.05. The van der Waals surface area contributed by atoms with Crippen LogP contribution in [0.15, 0.2) is 54.6 Å². The van der Waals surface area contributed by atoms with Crippen molar-refractivity contribution in [3.8, 4) is 11.3 Å². The molecular weight excluding hydrogens is 326 g/mol. The van der Waals surface area contributed by atoms with Crippen LogP contribution in [-0.4, -0.2) is 35.9 Å². The van der Waals surface area contributed by atoms with Crippen LogP contribution in [0.4, 0.5) is 0 Å². The number of amides is 1. The van der Waals surface area contributed by atoms with Crippen LogP contribution in [0.25, 0.3) is 22.2 Å². The quantitative estimate of drug-likeness (QED) is 0.599. The van der Waals surface area contributed by atoms with E-state index >= 15 is 0 Å². The molecule has 3 rings (SSSR count). The summed E-state index contributed by atoms with van der Waals surface area (Å²) in [6.07, 6.45) is 2.10. The van der Waals surface area contributed by atoms with Gasteiger partial charge in [-0.1, -0.05) is 48.5 Å². The number of nitrogens with zero attached hydrogens (tertiary/aromatic N) is 2. The molecule has 0 saturated heterocycles. The van der Waals surface area contributed by atoms with Crippen LogP contribution in [0.5, 0.6) is 0 Å². The Morgan fingerprint density at radius 2 is 1.85 bits per heavy atom. The highest BCUT2D eigenvalue weighted by atomic mass is 16.5. The summed E-state index contributed by atoms with van der Waals surface area (Å²) in [7, 11) is 1.67. The molecule has 5 nitrogen and oxygen atoms in total. The number of aromatic nitrogens is 2. The fourth-order valence-electron chi connectivity index (χ4n) is 3.03. The zero-order chi connectivity index (χ0) is 18.2.